The third-order valence-electron chi connectivity index (χ3n) is 2.55. The summed E-state index contributed by atoms with van der Waals surface area (Å²) in [6.07, 6.45) is 0.547. The predicted molar refractivity (Wildman–Crippen MR) is 65.0 cm³/mol. The molecule has 1 nitrogen and oxygen atoms in total. The van der Waals surface area contributed by atoms with Gasteiger partial charge in [0, 0.05) is 0 Å². The van der Waals surface area contributed by atoms with Gasteiger partial charge in [-0.25, -0.2) is 9.51 Å². The first kappa shape index (κ1) is 11.6. The maximum Gasteiger partial charge on any atom is 0.149 e. The van der Waals surface area contributed by atoms with Gasteiger partial charge in [-0.1, -0.05) is 46.9 Å². The van der Waals surface area contributed by atoms with Gasteiger partial charge in [-0.2, -0.15) is 0 Å². The van der Waals surface area contributed by atoms with E-state index in [1.165, 1.54) is 12.1 Å². The number of rotatable bonds is 4. The van der Waals surface area contributed by atoms with Crippen LogP contribution in [0.1, 0.15) is 5.56 Å². The fourth-order valence-electron chi connectivity index (χ4n) is 1.64. The molecule has 0 amide bonds. The van der Waals surface area contributed by atoms with Crippen molar-refractivity contribution in [2.24, 2.45) is 0 Å². The molecule has 0 bridgehead atoms. The van der Waals surface area contributed by atoms with Crippen LogP contribution < -0.4 is 5.12 Å². The van der Waals surface area contributed by atoms with Crippen molar-refractivity contribution >= 4 is 5.69 Å². The van der Waals surface area contributed by atoms with Crippen molar-refractivity contribution in [1.29, 1.82) is 0 Å². The highest BCUT2D eigenvalue weighted by molar-refractivity contribution is 5.44. The van der Waals surface area contributed by atoms with E-state index in [-0.39, 0.29) is 12.2 Å². The second-order valence-electron chi connectivity index (χ2n) is 3.77. The van der Waals surface area contributed by atoms with Crippen LogP contribution in [0.2, 0.25) is 0 Å². The summed E-state index contributed by atoms with van der Waals surface area (Å²) in [7, 11) is 0. The lowest BCUT2D eigenvalue weighted by Crippen LogP contribution is -2.16. The molecule has 0 spiro atoms. The van der Waals surface area contributed by atoms with Crippen LogP contribution in [0.5, 0.6) is 0 Å². The van der Waals surface area contributed by atoms with Gasteiger partial charge in [0.15, 0.2) is 0 Å². The Bertz CT molecular complexity index is 471. The minimum Gasteiger partial charge on any atom is -0.209 e. The average Bonchev–Trinajstić information content (AvgIpc) is 2.38. The first-order valence-electron chi connectivity index (χ1n) is 5.49. The lowest BCUT2D eigenvalue weighted by atomic mass is 10.1. The van der Waals surface area contributed by atoms with Crippen molar-refractivity contribution in [3.05, 3.63) is 66.0 Å². The topological polar surface area (TPSA) is 3.24 Å². The summed E-state index contributed by atoms with van der Waals surface area (Å²) in [5, 5.41) is 0.447. The highest BCUT2D eigenvalue weighted by atomic mass is 19.2. The van der Waals surface area contributed by atoms with Gasteiger partial charge in [0.2, 0.25) is 0 Å². The van der Waals surface area contributed by atoms with Gasteiger partial charge < -0.3 is 0 Å². The fraction of sp³-hybridized carbons (Fsp3) is 0.143. The molecule has 2 aromatic carbocycles. The Morgan fingerprint density at radius 2 is 1.53 bits per heavy atom. The number of hydrogen-bond acceptors (Lipinski definition) is 1. The van der Waals surface area contributed by atoms with Gasteiger partial charge in [0.05, 0.1) is 6.54 Å². The molecule has 0 saturated carbocycles. The zero-order chi connectivity index (χ0) is 12.1. The minimum absolute atomic E-state index is 0.0107. The Labute approximate surface area is 99.2 Å². The van der Waals surface area contributed by atoms with Gasteiger partial charge in [-0.05, 0) is 24.1 Å². The van der Waals surface area contributed by atoms with E-state index in [9.17, 15) is 8.87 Å². The highest BCUT2D eigenvalue weighted by Crippen LogP contribution is 2.19. The average molecular weight is 233 g/mol. The number of benzene rings is 2. The summed E-state index contributed by atoms with van der Waals surface area (Å²) in [5.41, 5.74) is 1.02. The molecule has 0 atom stereocenters. The largest absolute Gasteiger partial charge is 0.209 e. The van der Waals surface area contributed by atoms with Gasteiger partial charge in [0.25, 0.3) is 0 Å². The lowest BCUT2D eigenvalue weighted by molar-refractivity contribution is 0.424. The maximum absolute atomic E-state index is 13.7. The first-order valence-corrected chi connectivity index (χ1v) is 5.49. The van der Waals surface area contributed by atoms with Gasteiger partial charge in [-0.15, -0.1) is 0 Å². The molecule has 88 valence electrons. The minimum atomic E-state index is -0.539. The fourth-order valence-corrected chi connectivity index (χ4v) is 1.64. The smallest absolute Gasteiger partial charge is 0.149 e. The molecule has 0 saturated heterocycles. The van der Waals surface area contributed by atoms with Crippen molar-refractivity contribution in [2.75, 3.05) is 11.7 Å². The molecule has 0 N–H and O–H groups in total. The molecule has 2 rings (SSSR count). The molecule has 0 aromatic heterocycles. The summed E-state index contributed by atoms with van der Waals surface area (Å²) in [4.78, 5) is 0. The molecular weight excluding hydrogens is 220 g/mol. The zero-order valence-corrected chi connectivity index (χ0v) is 9.31. The van der Waals surface area contributed by atoms with Crippen LogP contribution in [0, 0.1) is 5.82 Å². The highest BCUT2D eigenvalue weighted by Gasteiger charge is 2.09. The van der Waals surface area contributed by atoms with E-state index in [0.717, 1.165) is 5.56 Å². The monoisotopic (exact) mass is 233 g/mol. The van der Waals surface area contributed by atoms with Crippen LogP contribution in [0.25, 0.3) is 0 Å². The summed E-state index contributed by atoms with van der Waals surface area (Å²) in [5.74, 6) is -0.539. The Hall–Kier alpha value is -1.90. The van der Waals surface area contributed by atoms with Crippen molar-refractivity contribution in [3.8, 4) is 0 Å². The van der Waals surface area contributed by atoms with Crippen LogP contribution in [0.15, 0.2) is 54.6 Å². The Kier molecular flexibility index (Phi) is 3.70. The molecule has 17 heavy (non-hydrogen) atoms. The maximum atomic E-state index is 13.7. The third kappa shape index (κ3) is 3.03. The number of hydrogen-bond donors (Lipinski definition) is 0. The SMILES string of the molecule is Fc1ccccc1N(F)CCc1ccccc1. The Morgan fingerprint density at radius 3 is 2.24 bits per heavy atom. The standard InChI is InChI=1S/C14H13F2N/c15-13-8-4-5-9-14(13)17(16)11-10-12-6-2-1-3-7-12/h1-9H,10-11H2. The number of anilines is 1. The summed E-state index contributed by atoms with van der Waals surface area (Å²) in [6.45, 7) is 0.144. The van der Waals surface area contributed by atoms with E-state index in [2.05, 4.69) is 0 Å². The van der Waals surface area contributed by atoms with Gasteiger partial charge >= 0.3 is 0 Å². The van der Waals surface area contributed by atoms with Gasteiger partial charge in [-0.3, -0.25) is 0 Å². The Morgan fingerprint density at radius 1 is 0.882 bits per heavy atom. The van der Waals surface area contributed by atoms with E-state index >= 15 is 0 Å². The molecule has 0 unspecified atom stereocenters. The van der Waals surface area contributed by atoms with E-state index in [1.807, 2.05) is 30.3 Å². The van der Waals surface area contributed by atoms with Crippen molar-refractivity contribution in [3.63, 3.8) is 0 Å². The van der Waals surface area contributed by atoms with Crippen molar-refractivity contribution in [1.82, 2.24) is 0 Å². The normalized spacial score (nSPS) is 10.2. The van der Waals surface area contributed by atoms with E-state index in [4.69, 9.17) is 0 Å². The van der Waals surface area contributed by atoms with Crippen LogP contribution in [-0.2, 0) is 6.42 Å². The number of halogens is 2. The zero-order valence-electron chi connectivity index (χ0n) is 9.31. The lowest BCUT2D eigenvalue weighted by Gasteiger charge is -2.14. The molecule has 0 radical (unpaired) electrons. The first-order chi connectivity index (χ1) is 8.27. The van der Waals surface area contributed by atoms with Crippen LogP contribution >= 0.6 is 0 Å². The molecule has 0 fully saturated rings. The van der Waals surface area contributed by atoms with Gasteiger partial charge in [0.1, 0.15) is 11.5 Å². The second-order valence-corrected chi connectivity index (χ2v) is 3.77. The van der Waals surface area contributed by atoms with E-state index < -0.39 is 5.82 Å². The van der Waals surface area contributed by atoms with Crippen LogP contribution in [0.3, 0.4) is 0 Å². The quantitative estimate of drug-likeness (QED) is 0.727. The second kappa shape index (κ2) is 5.43. The Balaban J connectivity index is 1.99. The molecular formula is C14H13F2N. The summed E-state index contributed by atoms with van der Waals surface area (Å²) < 4.78 is 27.0. The predicted octanol–water partition coefficient (Wildman–Crippen LogP) is 3.76. The summed E-state index contributed by atoms with van der Waals surface area (Å²) >= 11 is 0. The number of nitrogens with zero attached hydrogens (tertiary/aromatic N) is 1. The van der Waals surface area contributed by atoms with Crippen molar-refractivity contribution < 1.29 is 8.87 Å². The number of para-hydroxylation sites is 1. The van der Waals surface area contributed by atoms with E-state index in [0.29, 0.717) is 11.5 Å². The van der Waals surface area contributed by atoms with Crippen LogP contribution in [0.4, 0.5) is 14.6 Å². The summed E-state index contributed by atoms with van der Waals surface area (Å²) in [6, 6.07) is 15.4. The molecule has 0 aliphatic carbocycles. The van der Waals surface area contributed by atoms with Crippen LogP contribution in [-0.4, -0.2) is 6.54 Å². The molecule has 0 heterocycles. The third-order valence-corrected chi connectivity index (χ3v) is 2.55. The molecule has 3 heteroatoms. The van der Waals surface area contributed by atoms with E-state index in [1.54, 1.807) is 12.1 Å². The molecule has 0 aliphatic rings. The molecule has 2 aromatic rings. The van der Waals surface area contributed by atoms with Crippen molar-refractivity contribution in [2.45, 2.75) is 6.42 Å². The molecule has 0 aliphatic heterocycles.